The van der Waals surface area contributed by atoms with Crippen molar-refractivity contribution in [1.82, 2.24) is 19.9 Å². The van der Waals surface area contributed by atoms with Crippen LogP contribution < -0.4 is 0 Å². The molecule has 0 aliphatic rings. The summed E-state index contributed by atoms with van der Waals surface area (Å²) in [7, 11) is -7.33. The van der Waals surface area contributed by atoms with Crippen LogP contribution in [-0.2, 0) is 20.2 Å². The van der Waals surface area contributed by atoms with E-state index in [0.717, 1.165) is 0 Å². The van der Waals surface area contributed by atoms with Crippen molar-refractivity contribution in [2.75, 3.05) is 12.5 Å². The van der Waals surface area contributed by atoms with Gasteiger partial charge in [-0.2, -0.15) is 16.8 Å². The van der Waals surface area contributed by atoms with Crippen LogP contribution in [0.15, 0.2) is 48.5 Å². The van der Waals surface area contributed by atoms with Crippen LogP contribution in [0.5, 0.6) is 0 Å². The molecule has 198 valence electrons. The summed E-state index contributed by atoms with van der Waals surface area (Å²) in [6, 6.07) is 14.3. The minimum absolute atomic E-state index is 0.106. The van der Waals surface area contributed by atoms with Crippen molar-refractivity contribution in [3.05, 3.63) is 60.2 Å². The number of hydrogen-bond donors (Lipinski definition) is 8. The molecule has 0 aliphatic heterocycles. The standard InChI is InChI=1S/C18H18N4O4.2CH4O3S/c23-13(15(25)17-19-9-5-1-2-6-10(9)20-17)14(24)16(26)18-21-11-7-3-4-8-12(11)22-18;2*1-5(2,3)4/h1-8,13-16,23-26H,(H,19,20)(H,21,22);2*1H3,(H,2,3,4)/t13-,14-,15-,16-;;/m0../s1. The van der Waals surface area contributed by atoms with Crippen molar-refractivity contribution in [3.8, 4) is 0 Å². The first-order valence-electron chi connectivity index (χ1n) is 10.0. The molecule has 2 aromatic carbocycles. The second-order valence-corrected chi connectivity index (χ2v) is 10.5. The molecule has 4 aromatic rings. The first-order valence-corrected chi connectivity index (χ1v) is 13.7. The maximum Gasteiger partial charge on any atom is 0.261 e. The lowest BCUT2D eigenvalue weighted by molar-refractivity contribution is -0.111. The Hall–Kier alpha value is -2.96. The molecule has 14 nitrogen and oxygen atoms in total. The van der Waals surface area contributed by atoms with E-state index < -0.39 is 44.7 Å². The lowest BCUT2D eigenvalue weighted by Crippen LogP contribution is -2.37. The van der Waals surface area contributed by atoms with E-state index in [0.29, 0.717) is 34.6 Å². The fourth-order valence-corrected chi connectivity index (χ4v) is 2.92. The van der Waals surface area contributed by atoms with Crippen molar-refractivity contribution in [1.29, 1.82) is 0 Å². The van der Waals surface area contributed by atoms with Crippen LogP contribution in [0.1, 0.15) is 23.9 Å². The number of imidazole rings is 2. The minimum atomic E-state index is -3.67. The predicted molar refractivity (Wildman–Crippen MR) is 129 cm³/mol. The molecule has 2 heterocycles. The van der Waals surface area contributed by atoms with Crippen LogP contribution in [0.2, 0.25) is 0 Å². The van der Waals surface area contributed by atoms with Gasteiger partial charge in [0.2, 0.25) is 0 Å². The Bertz CT molecular complexity index is 1310. The SMILES string of the molecule is CS(=O)(=O)O.CS(=O)(=O)O.O[C@@H]([C@H](O)[C@H](O)c1nc2ccccc2[nH]1)[C@H](O)c1nc2ccccc2[nH]1. The van der Waals surface area contributed by atoms with Gasteiger partial charge >= 0.3 is 0 Å². The fraction of sp³-hybridized carbons (Fsp3) is 0.300. The number of nitrogens with one attached hydrogen (secondary N) is 2. The van der Waals surface area contributed by atoms with Gasteiger partial charge in [-0.05, 0) is 24.3 Å². The Morgan fingerprint density at radius 1 is 0.639 bits per heavy atom. The van der Waals surface area contributed by atoms with E-state index in [9.17, 15) is 37.3 Å². The lowest BCUT2D eigenvalue weighted by Gasteiger charge is -2.24. The number of hydrogen-bond acceptors (Lipinski definition) is 10. The molecule has 0 bridgehead atoms. The highest BCUT2D eigenvalue weighted by Gasteiger charge is 2.35. The summed E-state index contributed by atoms with van der Waals surface area (Å²) in [5.41, 5.74) is 2.64. The van der Waals surface area contributed by atoms with Gasteiger partial charge in [0.25, 0.3) is 20.2 Å². The largest absolute Gasteiger partial charge is 0.387 e. The number of aromatic nitrogens is 4. The molecule has 4 rings (SSSR count). The van der Waals surface area contributed by atoms with Gasteiger partial charge in [-0.15, -0.1) is 0 Å². The number of aromatic amines is 2. The van der Waals surface area contributed by atoms with E-state index in [1.54, 1.807) is 36.4 Å². The topological polar surface area (TPSA) is 247 Å². The third-order valence-electron chi connectivity index (χ3n) is 4.37. The molecule has 16 heteroatoms. The van der Waals surface area contributed by atoms with Crippen molar-refractivity contribution in [2.24, 2.45) is 0 Å². The van der Waals surface area contributed by atoms with Crippen LogP contribution in [0.3, 0.4) is 0 Å². The number of fused-ring (bicyclic) bond motifs is 2. The third kappa shape index (κ3) is 9.25. The Morgan fingerprint density at radius 2 is 0.917 bits per heavy atom. The van der Waals surface area contributed by atoms with Crippen molar-refractivity contribution >= 4 is 42.3 Å². The van der Waals surface area contributed by atoms with E-state index in [1.165, 1.54) is 0 Å². The summed E-state index contributed by atoms with van der Waals surface area (Å²) in [4.78, 5) is 14.2. The third-order valence-corrected chi connectivity index (χ3v) is 4.37. The number of benzene rings is 2. The first kappa shape index (κ1) is 29.3. The highest BCUT2D eigenvalue weighted by Crippen LogP contribution is 2.26. The normalized spacial score (nSPS) is 15.2. The molecule has 0 saturated carbocycles. The van der Waals surface area contributed by atoms with Gasteiger partial charge in [0.05, 0.1) is 34.6 Å². The molecule has 0 amide bonds. The zero-order valence-electron chi connectivity index (χ0n) is 19.0. The molecule has 0 spiro atoms. The van der Waals surface area contributed by atoms with Crippen LogP contribution in [-0.4, -0.2) is 91.0 Å². The van der Waals surface area contributed by atoms with Gasteiger partial charge < -0.3 is 30.4 Å². The molecule has 4 atom stereocenters. The molecular formula is C20H26N4O10S2. The molecule has 0 saturated heterocycles. The van der Waals surface area contributed by atoms with Gasteiger partial charge in [0.15, 0.2) is 0 Å². The summed E-state index contributed by atoms with van der Waals surface area (Å²) in [6.07, 6.45) is -4.91. The predicted octanol–water partition coefficient (Wildman–Crippen LogP) is -0.0640. The van der Waals surface area contributed by atoms with Crippen LogP contribution >= 0.6 is 0 Å². The van der Waals surface area contributed by atoms with Crippen LogP contribution in [0, 0.1) is 0 Å². The van der Waals surface area contributed by atoms with E-state index in [1.807, 2.05) is 12.1 Å². The molecule has 36 heavy (non-hydrogen) atoms. The van der Waals surface area contributed by atoms with E-state index in [4.69, 9.17) is 9.11 Å². The summed E-state index contributed by atoms with van der Waals surface area (Å²) in [5.74, 6) is 0.212. The van der Waals surface area contributed by atoms with E-state index in [-0.39, 0.29) is 11.6 Å². The molecule has 8 N–H and O–H groups in total. The van der Waals surface area contributed by atoms with Gasteiger partial charge in [-0.1, -0.05) is 24.3 Å². The molecule has 0 unspecified atom stereocenters. The first-order chi connectivity index (χ1) is 16.5. The smallest absolute Gasteiger partial charge is 0.261 e. The molecule has 0 fully saturated rings. The van der Waals surface area contributed by atoms with Crippen LogP contribution in [0.4, 0.5) is 0 Å². The molecular weight excluding hydrogens is 520 g/mol. The average molecular weight is 547 g/mol. The van der Waals surface area contributed by atoms with E-state index >= 15 is 0 Å². The van der Waals surface area contributed by atoms with Gasteiger partial charge in [-0.25, -0.2) is 9.97 Å². The zero-order valence-corrected chi connectivity index (χ0v) is 20.6. The average Bonchev–Trinajstić information content (AvgIpc) is 3.39. The highest BCUT2D eigenvalue weighted by atomic mass is 32.2. The highest BCUT2D eigenvalue weighted by molar-refractivity contribution is 7.85. The number of aliphatic hydroxyl groups excluding tert-OH is 4. The van der Waals surface area contributed by atoms with E-state index in [2.05, 4.69) is 19.9 Å². The summed E-state index contributed by atoms with van der Waals surface area (Å²) in [6.45, 7) is 0. The second-order valence-electron chi connectivity index (χ2n) is 7.62. The Balaban J connectivity index is 0.000000389. The number of H-pyrrole nitrogens is 2. The van der Waals surface area contributed by atoms with Crippen molar-refractivity contribution < 1.29 is 46.4 Å². The number of para-hydroxylation sites is 4. The quantitative estimate of drug-likeness (QED) is 0.153. The molecule has 0 radical (unpaired) electrons. The molecule has 2 aromatic heterocycles. The Morgan fingerprint density at radius 3 is 1.19 bits per heavy atom. The summed E-state index contributed by atoms with van der Waals surface area (Å²) >= 11 is 0. The number of rotatable bonds is 5. The Labute approximate surface area is 205 Å². The van der Waals surface area contributed by atoms with Gasteiger partial charge in [0.1, 0.15) is 36.1 Å². The Kier molecular flexibility index (Phi) is 9.64. The van der Waals surface area contributed by atoms with Crippen molar-refractivity contribution in [3.63, 3.8) is 0 Å². The van der Waals surface area contributed by atoms with Gasteiger partial charge in [-0.3, -0.25) is 9.11 Å². The number of aliphatic hydroxyl groups is 4. The lowest BCUT2D eigenvalue weighted by atomic mass is 10.0. The monoisotopic (exact) mass is 546 g/mol. The molecule has 0 aliphatic carbocycles. The fourth-order valence-electron chi connectivity index (χ4n) is 2.92. The summed E-state index contributed by atoms with van der Waals surface area (Å²) < 4.78 is 51.7. The maximum atomic E-state index is 10.4. The van der Waals surface area contributed by atoms with Crippen LogP contribution in [0.25, 0.3) is 22.1 Å². The van der Waals surface area contributed by atoms with Crippen molar-refractivity contribution in [2.45, 2.75) is 24.4 Å². The zero-order chi connectivity index (χ0) is 27.3. The minimum Gasteiger partial charge on any atom is -0.387 e. The number of nitrogens with zero attached hydrogens (tertiary/aromatic N) is 2. The summed E-state index contributed by atoms with van der Waals surface area (Å²) in [5, 5.41) is 41.3. The second kappa shape index (κ2) is 11.8. The van der Waals surface area contributed by atoms with Gasteiger partial charge in [0, 0.05) is 0 Å². The maximum absolute atomic E-state index is 10.4.